The predicted molar refractivity (Wildman–Crippen MR) is 128 cm³/mol. The molecule has 1 aliphatic heterocycles. The first kappa shape index (κ1) is 24.5. The van der Waals surface area contributed by atoms with E-state index in [1.165, 1.54) is 30.5 Å². The van der Waals surface area contributed by atoms with Gasteiger partial charge < -0.3 is 10.6 Å². The molecule has 3 aromatic rings. The summed E-state index contributed by atoms with van der Waals surface area (Å²) in [6.45, 7) is -0.731. The predicted octanol–water partition coefficient (Wildman–Crippen LogP) is 5.09. The van der Waals surface area contributed by atoms with Crippen LogP contribution in [0, 0.1) is 5.82 Å². The van der Waals surface area contributed by atoms with Crippen LogP contribution in [0.2, 0.25) is 0 Å². The van der Waals surface area contributed by atoms with Crippen molar-refractivity contribution in [2.45, 2.75) is 43.4 Å². The Labute approximate surface area is 206 Å². The van der Waals surface area contributed by atoms with Crippen LogP contribution in [0.25, 0.3) is 0 Å². The Morgan fingerprint density at radius 3 is 2.42 bits per heavy atom. The first-order chi connectivity index (χ1) is 17.0. The van der Waals surface area contributed by atoms with Crippen molar-refractivity contribution in [3.05, 3.63) is 89.0 Å². The lowest BCUT2D eigenvalue weighted by molar-refractivity contribution is -0.0492. The number of sulfonamides is 1. The van der Waals surface area contributed by atoms with E-state index in [4.69, 9.17) is 5.73 Å². The molecule has 1 aromatic heterocycles. The van der Waals surface area contributed by atoms with Gasteiger partial charge in [-0.05, 0) is 65.8 Å². The molecule has 2 N–H and O–H groups in total. The molecule has 190 valence electrons. The molecule has 2 aliphatic rings. The number of pyridine rings is 1. The number of nitrogens with zero attached hydrogens (tertiary/aromatic N) is 3. The van der Waals surface area contributed by atoms with Crippen LogP contribution in [0.3, 0.4) is 0 Å². The quantitative estimate of drug-likeness (QED) is 0.474. The number of nitrogens with two attached hydrogens (primary N) is 1. The van der Waals surface area contributed by atoms with Crippen molar-refractivity contribution in [3.63, 3.8) is 0 Å². The van der Waals surface area contributed by atoms with Gasteiger partial charge in [0.05, 0.1) is 18.3 Å². The van der Waals surface area contributed by atoms with Gasteiger partial charge in [-0.3, -0.25) is 4.98 Å². The van der Waals surface area contributed by atoms with Gasteiger partial charge in [0.2, 0.25) is 0 Å². The highest BCUT2D eigenvalue weighted by atomic mass is 32.2. The van der Waals surface area contributed by atoms with Gasteiger partial charge in [-0.1, -0.05) is 24.3 Å². The van der Waals surface area contributed by atoms with Crippen LogP contribution in [0.1, 0.15) is 47.2 Å². The minimum atomic E-state index is -5.64. The molecule has 1 unspecified atom stereocenters. The Balaban J connectivity index is 1.71. The van der Waals surface area contributed by atoms with Gasteiger partial charge in [-0.2, -0.15) is 17.5 Å². The van der Waals surface area contributed by atoms with E-state index in [1.54, 1.807) is 18.2 Å². The average molecular weight is 521 g/mol. The zero-order valence-electron chi connectivity index (χ0n) is 19.1. The van der Waals surface area contributed by atoms with Crippen LogP contribution < -0.4 is 10.6 Å². The lowest BCUT2D eigenvalue weighted by Crippen LogP contribution is -2.43. The summed E-state index contributed by atoms with van der Waals surface area (Å²) >= 11 is 0. The molecule has 0 radical (unpaired) electrons. The van der Waals surface area contributed by atoms with E-state index < -0.39 is 40.5 Å². The van der Waals surface area contributed by atoms with Gasteiger partial charge >= 0.3 is 15.5 Å². The lowest BCUT2D eigenvalue weighted by atomic mass is 9.99. The van der Waals surface area contributed by atoms with E-state index >= 15 is 0 Å². The molecular formula is C25H24F4N4O2S. The zero-order chi connectivity index (χ0) is 25.7. The van der Waals surface area contributed by atoms with E-state index in [2.05, 4.69) is 4.98 Å². The molecule has 0 bridgehead atoms. The smallest absolute Gasteiger partial charge is 0.399 e. The summed E-state index contributed by atoms with van der Waals surface area (Å²) in [7, 11) is -5.64. The van der Waals surface area contributed by atoms with Crippen molar-refractivity contribution in [2.24, 2.45) is 0 Å². The minimum absolute atomic E-state index is 0.161. The maximum absolute atomic E-state index is 13.8. The van der Waals surface area contributed by atoms with E-state index in [-0.39, 0.29) is 12.5 Å². The number of benzene rings is 2. The van der Waals surface area contributed by atoms with Crippen molar-refractivity contribution in [2.75, 3.05) is 17.2 Å². The third-order valence-corrected chi connectivity index (χ3v) is 8.20. The first-order valence-electron chi connectivity index (χ1n) is 11.5. The third-order valence-electron chi connectivity index (χ3n) is 6.66. The second-order valence-corrected chi connectivity index (χ2v) is 11.1. The number of fused-ring (bicyclic) bond motifs is 1. The molecule has 0 spiro atoms. The highest BCUT2D eigenvalue weighted by molar-refractivity contribution is 7.89. The molecule has 11 heteroatoms. The monoisotopic (exact) mass is 520 g/mol. The number of alkyl halides is 3. The molecule has 0 amide bonds. The number of nitrogen functional groups attached to an aromatic ring is 1. The van der Waals surface area contributed by atoms with Crippen molar-refractivity contribution < 1.29 is 26.0 Å². The summed E-state index contributed by atoms with van der Waals surface area (Å²) in [5, 5.41) is 0. The summed E-state index contributed by atoms with van der Waals surface area (Å²) < 4.78 is 80.9. The number of halogens is 4. The Kier molecular flexibility index (Phi) is 6.16. The van der Waals surface area contributed by atoms with Gasteiger partial charge in [-0.25, -0.2) is 12.8 Å². The van der Waals surface area contributed by atoms with E-state index in [9.17, 15) is 26.0 Å². The second-order valence-electron chi connectivity index (χ2n) is 9.14. The molecule has 0 saturated heterocycles. The van der Waals surface area contributed by atoms with Crippen molar-refractivity contribution in [1.82, 2.24) is 9.29 Å². The lowest BCUT2D eigenvalue weighted by Gasteiger charge is -2.34. The largest absolute Gasteiger partial charge is 0.511 e. The molecule has 1 atom stereocenters. The number of aromatic nitrogens is 1. The fourth-order valence-corrected chi connectivity index (χ4v) is 5.69. The normalized spacial score (nSPS) is 19.1. The van der Waals surface area contributed by atoms with Gasteiger partial charge in [0.25, 0.3) is 0 Å². The van der Waals surface area contributed by atoms with Gasteiger partial charge in [-0.15, -0.1) is 0 Å². The Hall–Kier alpha value is -3.18. The average Bonchev–Trinajstić information content (AvgIpc) is 3.66. The van der Waals surface area contributed by atoms with Crippen molar-refractivity contribution >= 4 is 21.4 Å². The molecule has 36 heavy (non-hydrogen) atoms. The molecule has 5 rings (SSSR count). The summed E-state index contributed by atoms with van der Waals surface area (Å²) in [5.41, 5.74) is 4.01. The highest BCUT2D eigenvalue weighted by Gasteiger charge is 2.52. The molecule has 6 nitrogen and oxygen atoms in total. The number of hydrogen-bond donors (Lipinski definition) is 1. The van der Waals surface area contributed by atoms with Crippen LogP contribution in [-0.4, -0.2) is 29.8 Å². The van der Waals surface area contributed by atoms with E-state index in [1.807, 2.05) is 17.0 Å². The number of hydrogen-bond acceptors (Lipinski definition) is 5. The maximum atomic E-state index is 13.8. The number of anilines is 2. The molecule has 1 fully saturated rings. The first-order valence-corrected chi connectivity index (χ1v) is 12.9. The van der Waals surface area contributed by atoms with Gasteiger partial charge in [0, 0.05) is 30.7 Å². The summed E-state index contributed by atoms with van der Waals surface area (Å²) in [6, 6.07) is 13.3. The fraction of sp³-hybridized carbons (Fsp3) is 0.320. The fourth-order valence-electron chi connectivity index (χ4n) is 4.76. The highest BCUT2D eigenvalue weighted by Crippen LogP contribution is 2.47. The second kappa shape index (κ2) is 9.04. The van der Waals surface area contributed by atoms with Crippen LogP contribution in [0.15, 0.2) is 60.8 Å². The summed E-state index contributed by atoms with van der Waals surface area (Å²) in [5.74, 6) is -0.335. The summed E-state index contributed by atoms with van der Waals surface area (Å²) in [6.07, 6.45) is 3.32. The molecular weight excluding hydrogens is 496 g/mol. The van der Waals surface area contributed by atoms with E-state index in [0.717, 1.165) is 18.4 Å². The van der Waals surface area contributed by atoms with Crippen LogP contribution >= 0.6 is 0 Å². The van der Waals surface area contributed by atoms with Crippen LogP contribution in [0.4, 0.5) is 28.9 Å². The molecule has 2 heterocycles. The molecule has 1 aliphatic carbocycles. The topological polar surface area (TPSA) is 79.5 Å². The van der Waals surface area contributed by atoms with Crippen LogP contribution in [0.5, 0.6) is 0 Å². The van der Waals surface area contributed by atoms with Crippen molar-refractivity contribution in [1.29, 1.82) is 0 Å². The molecule has 1 saturated carbocycles. The Bertz CT molecular complexity index is 1380. The summed E-state index contributed by atoms with van der Waals surface area (Å²) in [4.78, 5) is 6.21. The zero-order valence-corrected chi connectivity index (χ0v) is 19.9. The SMILES string of the molecule is Nc1ccnc(CN2c3cccc(C4CC4)c3CN(S(=O)(=O)C(F)(F)F)CC2c2ccc(F)cc2)c1. The van der Waals surface area contributed by atoms with Crippen molar-refractivity contribution in [3.8, 4) is 0 Å². The van der Waals surface area contributed by atoms with E-state index in [0.29, 0.717) is 32.5 Å². The van der Waals surface area contributed by atoms with Gasteiger partial charge in [0.1, 0.15) is 5.82 Å². The Morgan fingerprint density at radius 2 is 1.78 bits per heavy atom. The van der Waals surface area contributed by atoms with Crippen LogP contribution in [-0.2, 0) is 23.1 Å². The minimum Gasteiger partial charge on any atom is -0.399 e. The molecule has 2 aromatic carbocycles. The Morgan fingerprint density at radius 1 is 1.06 bits per heavy atom. The standard InChI is InChI=1S/C25H24F4N4O2S/c26-18-8-6-17(7-9-18)24-15-32(36(34,35)25(27,28)29)14-22-21(16-4-5-16)2-1-3-23(22)33(24)13-20-12-19(30)10-11-31-20/h1-3,6-12,16,24H,4-5,13-15H2,(H2,30,31). The van der Waals surface area contributed by atoms with Gasteiger partial charge in [0.15, 0.2) is 0 Å². The third kappa shape index (κ3) is 4.64. The number of rotatable bonds is 5. The maximum Gasteiger partial charge on any atom is 0.511 e.